The van der Waals surface area contributed by atoms with Gasteiger partial charge in [-0.25, -0.2) is 4.39 Å². The highest BCUT2D eigenvalue weighted by molar-refractivity contribution is 5.89. The van der Waals surface area contributed by atoms with Gasteiger partial charge in [-0.3, -0.25) is 14.5 Å². The molecule has 2 fully saturated rings. The summed E-state index contributed by atoms with van der Waals surface area (Å²) in [5.41, 5.74) is 0.448. The lowest BCUT2D eigenvalue weighted by atomic mass is 10.1. The number of rotatable bonds is 6. The summed E-state index contributed by atoms with van der Waals surface area (Å²) in [5, 5.41) is 2.74. The maximum absolute atomic E-state index is 13.6. The van der Waals surface area contributed by atoms with E-state index >= 15 is 0 Å². The van der Waals surface area contributed by atoms with Crippen LogP contribution in [0.25, 0.3) is 0 Å². The molecule has 2 saturated heterocycles. The third-order valence-electron chi connectivity index (χ3n) is 4.79. The van der Waals surface area contributed by atoms with E-state index in [-0.39, 0.29) is 36.5 Å². The summed E-state index contributed by atoms with van der Waals surface area (Å²) >= 11 is 0. The van der Waals surface area contributed by atoms with E-state index in [1.807, 2.05) is 0 Å². The summed E-state index contributed by atoms with van der Waals surface area (Å²) < 4.78 is 18.9. The monoisotopic (exact) mass is 349 g/mol. The van der Waals surface area contributed by atoms with Gasteiger partial charge in [-0.1, -0.05) is 18.2 Å². The molecule has 3 rings (SSSR count). The zero-order valence-corrected chi connectivity index (χ0v) is 14.2. The minimum absolute atomic E-state index is 0.0132. The zero-order chi connectivity index (χ0) is 17.6. The molecule has 0 aliphatic carbocycles. The highest BCUT2D eigenvalue weighted by Gasteiger charge is 2.34. The Morgan fingerprint density at radius 2 is 2.00 bits per heavy atom. The van der Waals surface area contributed by atoms with Crippen molar-refractivity contribution in [2.24, 2.45) is 5.92 Å². The Bertz CT molecular complexity index is 619. The average Bonchev–Trinajstić information content (AvgIpc) is 3.01. The van der Waals surface area contributed by atoms with Crippen LogP contribution < -0.4 is 5.32 Å². The van der Waals surface area contributed by atoms with Crippen LogP contribution in [-0.4, -0.2) is 67.6 Å². The second kappa shape index (κ2) is 8.40. The lowest BCUT2D eigenvalue weighted by molar-refractivity contribution is -0.129. The summed E-state index contributed by atoms with van der Waals surface area (Å²) in [5.74, 6) is -0.869. The quantitative estimate of drug-likeness (QED) is 0.818. The van der Waals surface area contributed by atoms with Crippen LogP contribution in [0.15, 0.2) is 24.3 Å². The van der Waals surface area contributed by atoms with Crippen LogP contribution in [0, 0.1) is 11.7 Å². The van der Waals surface area contributed by atoms with Gasteiger partial charge in [-0.15, -0.1) is 0 Å². The van der Waals surface area contributed by atoms with Gasteiger partial charge in [0, 0.05) is 51.3 Å². The van der Waals surface area contributed by atoms with Gasteiger partial charge in [0.15, 0.2) is 0 Å². The van der Waals surface area contributed by atoms with Crippen LogP contribution in [0.4, 0.5) is 4.39 Å². The van der Waals surface area contributed by atoms with Gasteiger partial charge in [0.25, 0.3) is 0 Å². The molecule has 1 aromatic rings. The molecule has 1 atom stereocenters. The molecular formula is C18H24FN3O3. The molecular weight excluding hydrogens is 325 g/mol. The molecule has 2 amide bonds. The second-order valence-electron chi connectivity index (χ2n) is 6.50. The topological polar surface area (TPSA) is 61.9 Å². The van der Waals surface area contributed by atoms with E-state index in [0.29, 0.717) is 18.7 Å². The van der Waals surface area contributed by atoms with Gasteiger partial charge in [-0.05, 0) is 6.07 Å². The molecule has 0 saturated carbocycles. The van der Waals surface area contributed by atoms with Crippen molar-refractivity contribution in [2.75, 3.05) is 45.9 Å². The summed E-state index contributed by atoms with van der Waals surface area (Å²) in [7, 11) is 0. The van der Waals surface area contributed by atoms with Crippen LogP contribution in [-0.2, 0) is 20.9 Å². The number of nitrogens with one attached hydrogen (secondary N) is 1. The average molecular weight is 349 g/mol. The Labute approximate surface area is 146 Å². The number of ether oxygens (including phenoxy) is 1. The third kappa shape index (κ3) is 4.76. The Morgan fingerprint density at radius 1 is 1.24 bits per heavy atom. The van der Waals surface area contributed by atoms with Crippen molar-refractivity contribution in [3.63, 3.8) is 0 Å². The number of carbonyl (C=O) groups is 2. The molecule has 25 heavy (non-hydrogen) atoms. The van der Waals surface area contributed by atoms with E-state index in [2.05, 4.69) is 10.2 Å². The van der Waals surface area contributed by atoms with Crippen molar-refractivity contribution in [1.82, 2.24) is 15.1 Å². The first-order chi connectivity index (χ1) is 12.1. The zero-order valence-electron chi connectivity index (χ0n) is 14.2. The van der Waals surface area contributed by atoms with Gasteiger partial charge < -0.3 is 15.0 Å². The molecule has 0 aromatic heterocycles. The maximum atomic E-state index is 13.6. The number of benzene rings is 1. The summed E-state index contributed by atoms with van der Waals surface area (Å²) in [6.45, 7) is 5.25. The smallest absolute Gasteiger partial charge is 0.225 e. The molecule has 0 spiro atoms. The van der Waals surface area contributed by atoms with Crippen molar-refractivity contribution in [2.45, 2.75) is 13.0 Å². The van der Waals surface area contributed by atoms with Crippen molar-refractivity contribution in [1.29, 1.82) is 0 Å². The lowest BCUT2D eigenvalue weighted by Gasteiger charge is -2.28. The van der Waals surface area contributed by atoms with E-state index in [9.17, 15) is 14.0 Å². The maximum Gasteiger partial charge on any atom is 0.225 e. The van der Waals surface area contributed by atoms with Crippen molar-refractivity contribution < 1.29 is 18.7 Å². The molecule has 0 unspecified atom stereocenters. The summed E-state index contributed by atoms with van der Waals surface area (Å²) in [6.07, 6.45) is 0.228. The number of halogens is 1. The molecule has 2 aliphatic heterocycles. The lowest BCUT2D eigenvalue weighted by Crippen LogP contribution is -2.42. The number of hydrogen-bond acceptors (Lipinski definition) is 4. The van der Waals surface area contributed by atoms with Gasteiger partial charge in [0.05, 0.1) is 19.1 Å². The largest absolute Gasteiger partial charge is 0.379 e. The van der Waals surface area contributed by atoms with E-state index < -0.39 is 0 Å². The van der Waals surface area contributed by atoms with E-state index in [0.717, 1.165) is 32.8 Å². The normalized spacial score (nSPS) is 21.6. The van der Waals surface area contributed by atoms with Crippen LogP contribution >= 0.6 is 0 Å². The van der Waals surface area contributed by atoms with E-state index in [1.54, 1.807) is 23.1 Å². The summed E-state index contributed by atoms with van der Waals surface area (Å²) in [4.78, 5) is 28.4. The SMILES string of the molecule is O=C(NCc1ccccc1F)[C@@H]1CC(=O)N(CCN2CCOCC2)C1. The molecule has 2 heterocycles. The Morgan fingerprint density at radius 3 is 2.76 bits per heavy atom. The standard InChI is InChI=1S/C18H24FN3O3/c19-16-4-2-1-3-14(16)12-20-18(24)15-11-17(23)22(13-15)6-5-21-7-9-25-10-8-21/h1-4,15H,5-13H2,(H,20,24)/t15-/m1/s1. The molecule has 136 valence electrons. The van der Waals surface area contributed by atoms with Crippen molar-refractivity contribution >= 4 is 11.8 Å². The molecule has 7 heteroatoms. The number of likely N-dealkylation sites (tertiary alicyclic amines) is 1. The highest BCUT2D eigenvalue weighted by Crippen LogP contribution is 2.18. The first kappa shape index (κ1) is 17.8. The van der Waals surface area contributed by atoms with Crippen LogP contribution in [0.2, 0.25) is 0 Å². The molecule has 0 radical (unpaired) electrons. The first-order valence-electron chi connectivity index (χ1n) is 8.72. The molecule has 1 aromatic carbocycles. The molecule has 6 nitrogen and oxygen atoms in total. The molecule has 1 N–H and O–H groups in total. The Hall–Kier alpha value is -1.99. The van der Waals surface area contributed by atoms with Gasteiger partial charge in [0.1, 0.15) is 5.82 Å². The minimum Gasteiger partial charge on any atom is -0.379 e. The number of amides is 2. The third-order valence-corrected chi connectivity index (χ3v) is 4.79. The van der Waals surface area contributed by atoms with Gasteiger partial charge >= 0.3 is 0 Å². The van der Waals surface area contributed by atoms with E-state index in [4.69, 9.17) is 4.74 Å². The Kier molecular flexibility index (Phi) is 5.99. The van der Waals surface area contributed by atoms with Crippen LogP contribution in [0.5, 0.6) is 0 Å². The first-order valence-corrected chi connectivity index (χ1v) is 8.72. The van der Waals surface area contributed by atoms with Crippen LogP contribution in [0.3, 0.4) is 0 Å². The fourth-order valence-corrected chi connectivity index (χ4v) is 3.22. The Balaban J connectivity index is 1.44. The van der Waals surface area contributed by atoms with Crippen LogP contribution in [0.1, 0.15) is 12.0 Å². The van der Waals surface area contributed by atoms with Gasteiger partial charge in [-0.2, -0.15) is 0 Å². The fraction of sp³-hybridized carbons (Fsp3) is 0.556. The number of nitrogens with zero attached hydrogens (tertiary/aromatic N) is 2. The molecule has 2 aliphatic rings. The second-order valence-corrected chi connectivity index (χ2v) is 6.50. The fourth-order valence-electron chi connectivity index (χ4n) is 3.22. The number of morpholine rings is 1. The van der Waals surface area contributed by atoms with E-state index in [1.165, 1.54) is 6.07 Å². The predicted octanol–water partition coefficient (Wildman–Crippen LogP) is 0.623. The minimum atomic E-state index is -0.357. The highest BCUT2D eigenvalue weighted by atomic mass is 19.1. The number of carbonyl (C=O) groups excluding carboxylic acids is 2. The predicted molar refractivity (Wildman–Crippen MR) is 90.2 cm³/mol. The van der Waals surface area contributed by atoms with Crippen molar-refractivity contribution in [3.05, 3.63) is 35.6 Å². The summed E-state index contributed by atoms with van der Waals surface area (Å²) in [6, 6.07) is 6.36. The van der Waals surface area contributed by atoms with Crippen molar-refractivity contribution in [3.8, 4) is 0 Å². The van der Waals surface area contributed by atoms with Gasteiger partial charge in [0.2, 0.25) is 11.8 Å². The molecule has 0 bridgehead atoms. The number of hydrogen-bond donors (Lipinski definition) is 1.